The molecule has 1 aliphatic rings. The maximum absolute atomic E-state index is 4.11. The molecule has 0 unspecified atom stereocenters. The molecule has 1 fully saturated rings. The van der Waals surface area contributed by atoms with Gasteiger partial charge >= 0.3 is 0 Å². The summed E-state index contributed by atoms with van der Waals surface area (Å²) in [5, 5.41) is 4.11. The van der Waals surface area contributed by atoms with Gasteiger partial charge in [0.1, 0.15) is 6.33 Å². The van der Waals surface area contributed by atoms with E-state index in [2.05, 4.69) is 26.0 Å². The Kier molecular flexibility index (Phi) is 1.48. The second-order valence-corrected chi connectivity index (χ2v) is 3.39. The van der Waals surface area contributed by atoms with Gasteiger partial charge in [-0.1, -0.05) is 0 Å². The molecule has 0 saturated heterocycles. The van der Waals surface area contributed by atoms with E-state index in [9.17, 15) is 0 Å². The van der Waals surface area contributed by atoms with Gasteiger partial charge in [0.15, 0.2) is 0 Å². The van der Waals surface area contributed by atoms with Crippen LogP contribution in [-0.4, -0.2) is 14.8 Å². The van der Waals surface area contributed by atoms with Crippen molar-refractivity contribution in [3.63, 3.8) is 0 Å². The first-order valence-electron chi connectivity index (χ1n) is 3.39. The Hall–Kier alpha value is -0.380. The van der Waals surface area contributed by atoms with Crippen molar-refractivity contribution in [1.82, 2.24) is 14.8 Å². The van der Waals surface area contributed by atoms with Crippen molar-refractivity contribution in [2.75, 3.05) is 0 Å². The van der Waals surface area contributed by atoms with E-state index in [0.29, 0.717) is 4.73 Å². The van der Waals surface area contributed by atoms with Gasteiger partial charge in [0, 0.05) is 6.54 Å². The Balaban J connectivity index is 2.03. The highest BCUT2D eigenvalue weighted by atomic mass is 79.9. The van der Waals surface area contributed by atoms with Crippen LogP contribution < -0.4 is 0 Å². The first-order chi connectivity index (χ1) is 4.84. The molecule has 1 heterocycles. The Morgan fingerprint density at radius 3 is 3.00 bits per heavy atom. The van der Waals surface area contributed by atoms with E-state index >= 15 is 0 Å². The Bertz CT molecular complexity index is 229. The Morgan fingerprint density at radius 1 is 1.70 bits per heavy atom. The average Bonchev–Trinajstić information content (AvgIpc) is 2.59. The monoisotopic (exact) mass is 201 g/mol. The number of nitrogens with zero attached hydrogens (tertiary/aromatic N) is 3. The highest BCUT2D eigenvalue weighted by molar-refractivity contribution is 9.10. The van der Waals surface area contributed by atoms with E-state index in [-0.39, 0.29) is 0 Å². The lowest BCUT2D eigenvalue weighted by atomic mass is 10.4. The molecule has 1 aromatic rings. The molecule has 0 N–H and O–H groups in total. The molecule has 2 rings (SSSR count). The third-order valence-corrected chi connectivity index (χ3v) is 2.01. The van der Waals surface area contributed by atoms with Crippen LogP contribution in [0.4, 0.5) is 0 Å². The third-order valence-electron chi connectivity index (χ3n) is 1.65. The summed E-state index contributed by atoms with van der Waals surface area (Å²) in [5.41, 5.74) is 0. The van der Waals surface area contributed by atoms with Gasteiger partial charge in [-0.05, 0) is 34.7 Å². The normalized spacial score (nSPS) is 17.7. The van der Waals surface area contributed by atoms with Crippen LogP contribution in [0.3, 0.4) is 0 Å². The molecular formula is C6H8BrN3. The maximum Gasteiger partial charge on any atom is 0.217 e. The summed E-state index contributed by atoms with van der Waals surface area (Å²) in [5.74, 6) is 0.869. The van der Waals surface area contributed by atoms with Crippen LogP contribution in [0.25, 0.3) is 0 Å². The standard InChI is InChI=1S/C6H8BrN3/c7-6-8-4-10(9-6)3-5-1-2-5/h4-5H,1-3H2. The van der Waals surface area contributed by atoms with Crippen LogP contribution in [0, 0.1) is 5.92 Å². The second-order valence-electron chi connectivity index (χ2n) is 2.68. The third kappa shape index (κ3) is 1.37. The van der Waals surface area contributed by atoms with Crippen molar-refractivity contribution in [2.24, 2.45) is 5.92 Å². The zero-order valence-corrected chi connectivity index (χ0v) is 7.08. The number of halogens is 1. The van der Waals surface area contributed by atoms with Gasteiger partial charge < -0.3 is 0 Å². The maximum atomic E-state index is 4.11. The van der Waals surface area contributed by atoms with E-state index < -0.39 is 0 Å². The summed E-state index contributed by atoms with van der Waals surface area (Å²) in [6.45, 7) is 1.04. The zero-order chi connectivity index (χ0) is 6.97. The molecule has 0 bridgehead atoms. The topological polar surface area (TPSA) is 30.7 Å². The summed E-state index contributed by atoms with van der Waals surface area (Å²) in [6.07, 6.45) is 4.48. The van der Waals surface area contributed by atoms with Gasteiger partial charge in [0.25, 0.3) is 0 Å². The van der Waals surface area contributed by atoms with Crippen LogP contribution in [0.5, 0.6) is 0 Å². The van der Waals surface area contributed by atoms with Crippen molar-refractivity contribution in [2.45, 2.75) is 19.4 Å². The van der Waals surface area contributed by atoms with Crippen molar-refractivity contribution in [1.29, 1.82) is 0 Å². The fourth-order valence-corrected chi connectivity index (χ4v) is 1.22. The summed E-state index contributed by atoms with van der Waals surface area (Å²) in [7, 11) is 0. The quantitative estimate of drug-likeness (QED) is 0.726. The average molecular weight is 202 g/mol. The molecule has 54 valence electrons. The fourth-order valence-electron chi connectivity index (χ4n) is 0.925. The van der Waals surface area contributed by atoms with Gasteiger partial charge in [-0.25, -0.2) is 4.98 Å². The van der Waals surface area contributed by atoms with Crippen LogP contribution in [0.1, 0.15) is 12.8 Å². The molecular weight excluding hydrogens is 194 g/mol. The number of aromatic nitrogens is 3. The van der Waals surface area contributed by atoms with Crippen molar-refractivity contribution in [3.8, 4) is 0 Å². The summed E-state index contributed by atoms with van der Waals surface area (Å²) in [6, 6.07) is 0. The molecule has 1 aromatic heterocycles. The van der Waals surface area contributed by atoms with E-state index in [0.717, 1.165) is 12.5 Å². The first-order valence-corrected chi connectivity index (χ1v) is 4.19. The number of hydrogen-bond acceptors (Lipinski definition) is 2. The van der Waals surface area contributed by atoms with Gasteiger partial charge in [0.2, 0.25) is 4.73 Å². The van der Waals surface area contributed by atoms with Crippen LogP contribution >= 0.6 is 15.9 Å². The van der Waals surface area contributed by atoms with Crippen LogP contribution in [0.15, 0.2) is 11.1 Å². The molecule has 0 spiro atoms. The molecule has 0 amide bonds. The minimum absolute atomic E-state index is 0.688. The predicted octanol–water partition coefficient (Wildman–Crippen LogP) is 1.45. The minimum atomic E-state index is 0.688. The van der Waals surface area contributed by atoms with Crippen molar-refractivity contribution in [3.05, 3.63) is 11.1 Å². The molecule has 1 saturated carbocycles. The molecule has 10 heavy (non-hydrogen) atoms. The summed E-state index contributed by atoms with van der Waals surface area (Å²) < 4.78 is 2.58. The lowest BCUT2D eigenvalue weighted by molar-refractivity contribution is 0.559. The van der Waals surface area contributed by atoms with Gasteiger partial charge in [-0.2, -0.15) is 0 Å². The van der Waals surface area contributed by atoms with E-state index in [1.165, 1.54) is 12.8 Å². The minimum Gasteiger partial charge on any atom is -0.252 e. The largest absolute Gasteiger partial charge is 0.252 e. The zero-order valence-electron chi connectivity index (χ0n) is 5.50. The Morgan fingerprint density at radius 2 is 2.50 bits per heavy atom. The summed E-state index contributed by atoms with van der Waals surface area (Å²) >= 11 is 3.20. The van der Waals surface area contributed by atoms with Crippen LogP contribution in [-0.2, 0) is 6.54 Å². The van der Waals surface area contributed by atoms with Gasteiger partial charge in [-0.3, -0.25) is 4.68 Å². The van der Waals surface area contributed by atoms with Crippen molar-refractivity contribution < 1.29 is 0 Å². The van der Waals surface area contributed by atoms with Gasteiger partial charge in [0.05, 0.1) is 0 Å². The SMILES string of the molecule is Brc1ncn(CC2CC2)n1. The smallest absolute Gasteiger partial charge is 0.217 e. The van der Waals surface area contributed by atoms with E-state index in [1.54, 1.807) is 6.33 Å². The molecule has 3 nitrogen and oxygen atoms in total. The highest BCUT2D eigenvalue weighted by Gasteiger charge is 2.21. The van der Waals surface area contributed by atoms with Crippen LogP contribution in [0.2, 0.25) is 0 Å². The number of hydrogen-bond donors (Lipinski definition) is 0. The number of rotatable bonds is 2. The molecule has 0 aliphatic heterocycles. The lowest BCUT2D eigenvalue weighted by Crippen LogP contribution is -1.99. The van der Waals surface area contributed by atoms with E-state index in [1.807, 2.05) is 4.68 Å². The van der Waals surface area contributed by atoms with Crippen molar-refractivity contribution >= 4 is 15.9 Å². The molecule has 0 aromatic carbocycles. The lowest BCUT2D eigenvalue weighted by Gasteiger charge is -1.93. The summed E-state index contributed by atoms with van der Waals surface area (Å²) in [4.78, 5) is 3.97. The highest BCUT2D eigenvalue weighted by Crippen LogP contribution is 2.30. The van der Waals surface area contributed by atoms with E-state index in [4.69, 9.17) is 0 Å². The van der Waals surface area contributed by atoms with Gasteiger partial charge in [-0.15, -0.1) is 5.10 Å². The first kappa shape index (κ1) is 6.34. The fraction of sp³-hybridized carbons (Fsp3) is 0.667. The molecule has 0 atom stereocenters. The molecule has 1 aliphatic carbocycles. The molecule has 0 radical (unpaired) electrons. The predicted molar refractivity (Wildman–Crippen MR) is 40.4 cm³/mol. The second kappa shape index (κ2) is 2.34. The molecule has 4 heteroatoms. The Labute approximate surface area is 67.6 Å².